The van der Waals surface area contributed by atoms with Crippen LogP contribution in [0, 0.1) is 0 Å². The predicted molar refractivity (Wildman–Crippen MR) is 101 cm³/mol. The number of amides is 1. The maximum Gasteiger partial charge on any atom is 0.230 e. The first-order valence-corrected chi connectivity index (χ1v) is 10.2. The Bertz CT molecular complexity index is 523. The van der Waals surface area contributed by atoms with Crippen LogP contribution < -0.4 is 10.2 Å². The first-order chi connectivity index (χ1) is 11.7. The van der Waals surface area contributed by atoms with Crippen molar-refractivity contribution in [3.8, 4) is 0 Å². The van der Waals surface area contributed by atoms with Gasteiger partial charge in [0.25, 0.3) is 0 Å². The molecule has 0 unspecified atom stereocenters. The third kappa shape index (κ3) is 6.85. The van der Waals surface area contributed by atoms with E-state index in [4.69, 9.17) is 11.6 Å². The molecule has 1 amide bonds. The SMILES string of the molecule is CCCCCCNC(=O)CSc1nc(Cl)cc(N2CCCCC2)n1. The molecule has 0 spiro atoms. The maximum absolute atomic E-state index is 11.9. The molecule has 2 heterocycles. The standard InChI is InChI=1S/C17H27ClN4OS/c1-2-3-4-6-9-19-16(23)13-24-17-20-14(18)12-15(21-17)22-10-7-5-8-11-22/h12H,2-11,13H2,1H3,(H,19,23). The van der Waals surface area contributed by atoms with Gasteiger partial charge in [0.1, 0.15) is 11.0 Å². The zero-order valence-corrected chi connectivity index (χ0v) is 16.0. The van der Waals surface area contributed by atoms with Gasteiger partial charge in [0.2, 0.25) is 5.91 Å². The number of piperidine rings is 1. The summed E-state index contributed by atoms with van der Waals surface area (Å²) in [5, 5.41) is 3.96. The van der Waals surface area contributed by atoms with E-state index in [9.17, 15) is 4.79 Å². The van der Waals surface area contributed by atoms with E-state index < -0.39 is 0 Å². The van der Waals surface area contributed by atoms with Gasteiger partial charge in [-0.25, -0.2) is 9.97 Å². The van der Waals surface area contributed by atoms with E-state index in [-0.39, 0.29) is 5.91 Å². The number of carbonyl (C=O) groups excluding carboxylic acids is 1. The molecular weight excluding hydrogens is 344 g/mol. The van der Waals surface area contributed by atoms with Gasteiger partial charge in [-0.05, 0) is 25.7 Å². The minimum atomic E-state index is 0.0274. The third-order valence-corrected chi connectivity index (χ3v) is 5.07. The summed E-state index contributed by atoms with van der Waals surface area (Å²) in [6.07, 6.45) is 8.28. The maximum atomic E-state index is 11.9. The Labute approximate surface area is 154 Å². The zero-order chi connectivity index (χ0) is 17.2. The average Bonchev–Trinajstić information content (AvgIpc) is 2.60. The van der Waals surface area contributed by atoms with Crippen LogP contribution in [0.15, 0.2) is 11.2 Å². The van der Waals surface area contributed by atoms with Gasteiger partial charge in [0, 0.05) is 25.7 Å². The van der Waals surface area contributed by atoms with Gasteiger partial charge in [0.15, 0.2) is 5.16 Å². The number of nitrogens with one attached hydrogen (secondary N) is 1. The first kappa shape index (κ1) is 19.3. The second-order valence-electron chi connectivity index (χ2n) is 6.08. The van der Waals surface area contributed by atoms with Crippen LogP contribution in [0.2, 0.25) is 5.15 Å². The van der Waals surface area contributed by atoms with Crippen molar-refractivity contribution in [2.24, 2.45) is 0 Å². The number of unbranched alkanes of at least 4 members (excludes halogenated alkanes) is 3. The van der Waals surface area contributed by atoms with Gasteiger partial charge in [-0.15, -0.1) is 0 Å². The molecule has 1 aromatic heterocycles. The van der Waals surface area contributed by atoms with E-state index in [0.29, 0.717) is 16.1 Å². The lowest BCUT2D eigenvalue weighted by molar-refractivity contribution is -0.118. The van der Waals surface area contributed by atoms with E-state index in [0.717, 1.165) is 31.9 Å². The molecule has 2 rings (SSSR count). The van der Waals surface area contributed by atoms with Crippen molar-refractivity contribution in [1.29, 1.82) is 0 Å². The highest BCUT2D eigenvalue weighted by Gasteiger charge is 2.15. The van der Waals surface area contributed by atoms with Crippen LogP contribution in [0.1, 0.15) is 51.9 Å². The van der Waals surface area contributed by atoms with Crippen molar-refractivity contribution < 1.29 is 4.79 Å². The molecule has 0 bridgehead atoms. The smallest absolute Gasteiger partial charge is 0.230 e. The molecule has 1 aliphatic rings. The van der Waals surface area contributed by atoms with E-state index in [2.05, 4.69) is 27.1 Å². The lowest BCUT2D eigenvalue weighted by Gasteiger charge is -2.27. The number of anilines is 1. The molecule has 0 radical (unpaired) electrons. The molecule has 134 valence electrons. The molecule has 0 aromatic carbocycles. The Morgan fingerprint density at radius 2 is 2.04 bits per heavy atom. The van der Waals surface area contributed by atoms with Crippen LogP contribution in [0.3, 0.4) is 0 Å². The molecule has 0 atom stereocenters. The molecule has 7 heteroatoms. The Morgan fingerprint density at radius 3 is 2.79 bits per heavy atom. The lowest BCUT2D eigenvalue weighted by Crippen LogP contribution is -2.30. The number of thioether (sulfide) groups is 1. The van der Waals surface area contributed by atoms with Crippen molar-refractivity contribution in [2.45, 2.75) is 57.0 Å². The second-order valence-corrected chi connectivity index (χ2v) is 7.41. The Hall–Kier alpha value is -1.01. The van der Waals surface area contributed by atoms with Crippen LogP contribution in [0.25, 0.3) is 0 Å². The van der Waals surface area contributed by atoms with Crippen molar-refractivity contribution in [3.05, 3.63) is 11.2 Å². The van der Waals surface area contributed by atoms with E-state index in [1.807, 2.05) is 6.07 Å². The predicted octanol–water partition coefficient (Wildman–Crippen LogP) is 3.91. The summed E-state index contributed by atoms with van der Waals surface area (Å²) in [7, 11) is 0. The third-order valence-electron chi connectivity index (χ3n) is 4.03. The average molecular weight is 371 g/mol. The van der Waals surface area contributed by atoms with Gasteiger partial charge in [-0.2, -0.15) is 0 Å². The molecule has 1 fully saturated rings. The summed E-state index contributed by atoms with van der Waals surface area (Å²) in [6, 6.07) is 1.81. The first-order valence-electron chi connectivity index (χ1n) is 8.88. The largest absolute Gasteiger partial charge is 0.356 e. The number of nitrogens with zero attached hydrogens (tertiary/aromatic N) is 3. The van der Waals surface area contributed by atoms with Gasteiger partial charge in [-0.1, -0.05) is 49.5 Å². The number of carbonyl (C=O) groups is 1. The quantitative estimate of drug-likeness (QED) is 0.309. The molecule has 5 nitrogen and oxygen atoms in total. The van der Waals surface area contributed by atoms with Gasteiger partial charge < -0.3 is 10.2 Å². The number of aromatic nitrogens is 2. The van der Waals surface area contributed by atoms with Crippen LogP contribution >= 0.6 is 23.4 Å². The Morgan fingerprint density at radius 1 is 1.25 bits per heavy atom. The number of halogens is 1. The number of hydrogen-bond donors (Lipinski definition) is 1. The molecule has 0 saturated carbocycles. The Kier molecular flexibility index (Phi) is 8.67. The second kappa shape index (κ2) is 10.8. The molecule has 1 N–H and O–H groups in total. The van der Waals surface area contributed by atoms with Crippen molar-refractivity contribution in [3.63, 3.8) is 0 Å². The van der Waals surface area contributed by atoms with Gasteiger partial charge in [-0.3, -0.25) is 4.79 Å². The molecule has 1 aromatic rings. The highest BCUT2D eigenvalue weighted by Crippen LogP contribution is 2.24. The molecule has 1 aliphatic heterocycles. The van der Waals surface area contributed by atoms with Crippen LogP contribution in [0.5, 0.6) is 0 Å². The van der Waals surface area contributed by atoms with Gasteiger partial charge in [0.05, 0.1) is 5.75 Å². The van der Waals surface area contributed by atoms with Crippen LogP contribution in [-0.4, -0.2) is 41.3 Å². The summed E-state index contributed by atoms with van der Waals surface area (Å²) >= 11 is 7.47. The normalized spacial score (nSPS) is 14.7. The fraction of sp³-hybridized carbons (Fsp3) is 0.706. The lowest BCUT2D eigenvalue weighted by atomic mass is 10.1. The highest BCUT2D eigenvalue weighted by atomic mass is 35.5. The van der Waals surface area contributed by atoms with E-state index in [1.54, 1.807) is 0 Å². The van der Waals surface area contributed by atoms with Crippen molar-refractivity contribution >= 4 is 35.1 Å². The summed E-state index contributed by atoms with van der Waals surface area (Å²) in [5.74, 6) is 1.23. The van der Waals surface area contributed by atoms with Crippen LogP contribution in [0.4, 0.5) is 5.82 Å². The topological polar surface area (TPSA) is 58.1 Å². The van der Waals surface area contributed by atoms with E-state index in [1.165, 1.54) is 50.3 Å². The molecule has 1 saturated heterocycles. The van der Waals surface area contributed by atoms with E-state index >= 15 is 0 Å². The molecular formula is C17H27ClN4OS. The van der Waals surface area contributed by atoms with Crippen molar-refractivity contribution in [2.75, 3.05) is 30.3 Å². The summed E-state index contributed by atoms with van der Waals surface area (Å²) < 4.78 is 0. The fourth-order valence-corrected chi connectivity index (χ4v) is 3.61. The minimum Gasteiger partial charge on any atom is -0.356 e. The minimum absolute atomic E-state index is 0.0274. The summed E-state index contributed by atoms with van der Waals surface area (Å²) in [6.45, 7) is 4.94. The highest BCUT2D eigenvalue weighted by molar-refractivity contribution is 7.99. The fourth-order valence-electron chi connectivity index (χ4n) is 2.70. The van der Waals surface area contributed by atoms with Crippen LogP contribution in [-0.2, 0) is 4.79 Å². The monoisotopic (exact) mass is 370 g/mol. The number of rotatable bonds is 9. The Balaban J connectivity index is 1.79. The zero-order valence-electron chi connectivity index (χ0n) is 14.4. The van der Waals surface area contributed by atoms with Gasteiger partial charge >= 0.3 is 0 Å². The summed E-state index contributed by atoms with van der Waals surface area (Å²) in [4.78, 5) is 22.9. The molecule has 24 heavy (non-hydrogen) atoms. The summed E-state index contributed by atoms with van der Waals surface area (Å²) in [5.41, 5.74) is 0. The number of hydrogen-bond acceptors (Lipinski definition) is 5. The van der Waals surface area contributed by atoms with Crippen molar-refractivity contribution in [1.82, 2.24) is 15.3 Å². The molecule has 0 aliphatic carbocycles.